The highest BCUT2D eigenvalue weighted by atomic mass is 28.3. The van der Waals surface area contributed by atoms with Crippen LogP contribution in [0.5, 0.6) is 0 Å². The maximum atomic E-state index is 3.64. The van der Waals surface area contributed by atoms with Gasteiger partial charge in [-0.25, -0.2) is 0 Å². The van der Waals surface area contributed by atoms with E-state index >= 15 is 0 Å². The molecule has 17 heavy (non-hydrogen) atoms. The van der Waals surface area contributed by atoms with Crippen LogP contribution in [-0.2, 0) is 0 Å². The molecule has 0 saturated carbocycles. The molecule has 1 unspecified atom stereocenters. The van der Waals surface area contributed by atoms with Crippen molar-refractivity contribution in [3.63, 3.8) is 0 Å². The van der Waals surface area contributed by atoms with E-state index in [4.69, 9.17) is 0 Å². The summed E-state index contributed by atoms with van der Waals surface area (Å²) in [5, 5.41) is 0. The van der Waals surface area contributed by atoms with E-state index in [-0.39, 0.29) is 0 Å². The van der Waals surface area contributed by atoms with Crippen LogP contribution in [-0.4, -0.2) is 14.8 Å². The highest BCUT2D eigenvalue weighted by molar-refractivity contribution is 6.93. The quantitative estimate of drug-likeness (QED) is 0.467. The maximum Gasteiger partial charge on any atom is 0.235 e. The first-order valence-electron chi connectivity index (χ1n) is 7.46. The first-order valence-corrected chi connectivity index (χ1v) is 11.0. The van der Waals surface area contributed by atoms with Crippen molar-refractivity contribution in [1.29, 1.82) is 0 Å². The summed E-state index contributed by atoms with van der Waals surface area (Å²) in [4.78, 5) is 0. The zero-order chi connectivity index (χ0) is 12.5. The molecule has 0 radical (unpaired) electrons. The molecule has 2 fully saturated rings. The van der Waals surface area contributed by atoms with Crippen molar-refractivity contribution in [2.24, 2.45) is 5.92 Å². The second-order valence-electron chi connectivity index (χ2n) is 7.19. The fourth-order valence-electron chi connectivity index (χ4n) is 4.50. The summed E-state index contributed by atoms with van der Waals surface area (Å²) in [7, 11) is -1.08. The number of hydrogen-bond donors (Lipinski definition) is 0. The predicted molar refractivity (Wildman–Crippen MR) is 81.2 cm³/mol. The van der Waals surface area contributed by atoms with Gasteiger partial charge in [0, 0.05) is 8.07 Å². The molecule has 2 heteroatoms. The Balaban J connectivity index is 2.37. The summed E-state index contributed by atoms with van der Waals surface area (Å²) in [6.07, 6.45) is 8.84. The Morgan fingerprint density at radius 3 is 2.06 bits per heavy atom. The molecule has 2 bridgehead atoms. The van der Waals surface area contributed by atoms with Crippen molar-refractivity contribution in [1.82, 2.24) is 0 Å². The van der Waals surface area contributed by atoms with Crippen LogP contribution in [0, 0.1) is 17.7 Å². The normalized spacial score (nSPS) is 33.6. The van der Waals surface area contributed by atoms with E-state index in [9.17, 15) is 0 Å². The topological polar surface area (TPSA) is 0 Å². The molecule has 0 aromatic carbocycles. The third-order valence-corrected chi connectivity index (χ3v) is 7.84. The third kappa shape index (κ3) is 2.81. The van der Waals surface area contributed by atoms with Crippen LogP contribution in [0.15, 0.2) is 0 Å². The lowest BCUT2D eigenvalue weighted by molar-refractivity contribution is 0.411. The van der Waals surface area contributed by atoms with E-state index in [0.29, 0.717) is 0 Å². The standard InChI is InChI=1S/C15H27BSi/c1-5-12-16-14-10-6-8-13(9-7-11-14)15(16)17(2,3)4/h13-15H,6-11H2,1-4H3. The van der Waals surface area contributed by atoms with Crippen LogP contribution in [0.3, 0.4) is 0 Å². The third-order valence-electron chi connectivity index (χ3n) is 5.01. The van der Waals surface area contributed by atoms with E-state index < -0.39 is 8.07 Å². The van der Waals surface area contributed by atoms with Gasteiger partial charge in [-0.1, -0.05) is 63.6 Å². The van der Waals surface area contributed by atoms with Crippen LogP contribution in [0.4, 0.5) is 0 Å². The van der Waals surface area contributed by atoms with Gasteiger partial charge in [0.25, 0.3) is 0 Å². The molecule has 0 spiro atoms. The first kappa shape index (κ1) is 13.3. The summed E-state index contributed by atoms with van der Waals surface area (Å²) >= 11 is 0. The number of hydrogen-bond acceptors (Lipinski definition) is 0. The van der Waals surface area contributed by atoms with Crippen LogP contribution < -0.4 is 0 Å². The van der Waals surface area contributed by atoms with Gasteiger partial charge in [-0.05, 0) is 18.7 Å². The lowest BCUT2D eigenvalue weighted by Crippen LogP contribution is -2.43. The van der Waals surface area contributed by atoms with Gasteiger partial charge in [0.05, 0.1) is 0 Å². The minimum atomic E-state index is -1.08. The monoisotopic (exact) mass is 246 g/mol. The Hall–Kier alpha value is -0.158. The van der Waals surface area contributed by atoms with Gasteiger partial charge in [-0.2, -0.15) is 5.82 Å². The lowest BCUT2D eigenvalue weighted by atomic mass is 9.38. The second-order valence-corrected chi connectivity index (χ2v) is 12.6. The van der Waals surface area contributed by atoms with Crippen molar-refractivity contribution in [2.45, 2.75) is 76.3 Å². The van der Waals surface area contributed by atoms with Crippen molar-refractivity contribution in [3.8, 4) is 11.7 Å². The van der Waals surface area contributed by atoms with Crippen molar-refractivity contribution in [3.05, 3.63) is 0 Å². The fourth-order valence-corrected chi connectivity index (χ4v) is 7.68. The predicted octanol–water partition coefficient (Wildman–Crippen LogP) is 4.65. The average Bonchev–Trinajstić information content (AvgIpc) is 2.44. The smallest absolute Gasteiger partial charge is 0.155 e. The van der Waals surface area contributed by atoms with Gasteiger partial charge >= 0.3 is 0 Å². The first-order chi connectivity index (χ1) is 8.04. The van der Waals surface area contributed by atoms with E-state index in [1.807, 2.05) is 6.92 Å². The minimum absolute atomic E-state index is 0.738. The van der Waals surface area contributed by atoms with Gasteiger partial charge in [0.15, 0.2) is 0 Å². The van der Waals surface area contributed by atoms with Gasteiger partial charge in [0.1, 0.15) is 0 Å². The Morgan fingerprint density at radius 2 is 1.59 bits per heavy atom. The molecule has 0 amide bonds. The Bertz CT molecular complexity index is 310. The van der Waals surface area contributed by atoms with Crippen molar-refractivity contribution in [2.75, 3.05) is 0 Å². The molecule has 1 atom stereocenters. The Labute approximate surface area is 109 Å². The fraction of sp³-hybridized carbons (Fsp3) is 0.867. The molecule has 0 aromatic heterocycles. The molecule has 94 valence electrons. The largest absolute Gasteiger partial charge is 0.235 e. The highest BCUT2D eigenvalue weighted by Gasteiger charge is 2.46. The number of fused-ring (bicyclic) bond motifs is 3. The van der Waals surface area contributed by atoms with Crippen molar-refractivity contribution < 1.29 is 0 Å². The molecule has 0 nitrogen and oxygen atoms in total. The SMILES string of the molecule is CC#CB1C2CCCC(CCC2)C1[Si](C)(C)C. The van der Waals surface area contributed by atoms with Crippen molar-refractivity contribution >= 4 is 14.8 Å². The molecule has 2 aliphatic rings. The molecule has 0 aromatic rings. The van der Waals surface area contributed by atoms with Gasteiger partial charge < -0.3 is 0 Å². The summed E-state index contributed by atoms with van der Waals surface area (Å²) in [6, 6.07) is 0. The van der Waals surface area contributed by atoms with Crippen LogP contribution in [0.2, 0.25) is 30.9 Å². The summed E-state index contributed by atoms with van der Waals surface area (Å²) in [5.41, 5.74) is 0.963. The maximum absolute atomic E-state index is 3.64. The summed E-state index contributed by atoms with van der Waals surface area (Å²) < 4.78 is 0. The molecule has 2 saturated heterocycles. The minimum Gasteiger partial charge on any atom is -0.155 e. The summed E-state index contributed by atoms with van der Waals surface area (Å²) in [6.45, 7) is 10.5. The Kier molecular flexibility index (Phi) is 4.08. The van der Waals surface area contributed by atoms with E-state index in [2.05, 4.69) is 31.4 Å². The van der Waals surface area contributed by atoms with Gasteiger partial charge in [-0.15, -0.1) is 5.92 Å². The van der Waals surface area contributed by atoms with Crippen LogP contribution >= 0.6 is 0 Å². The van der Waals surface area contributed by atoms with Gasteiger partial charge in [-0.3, -0.25) is 0 Å². The lowest BCUT2D eigenvalue weighted by Gasteiger charge is -2.37. The molecular weight excluding hydrogens is 219 g/mol. The molecule has 2 rings (SSSR count). The molecule has 0 aliphatic carbocycles. The summed E-state index contributed by atoms with van der Waals surface area (Å²) in [5.74, 6) is 8.81. The molecule has 2 heterocycles. The van der Waals surface area contributed by atoms with E-state index in [0.717, 1.165) is 23.9 Å². The average molecular weight is 246 g/mol. The van der Waals surface area contributed by atoms with E-state index in [1.165, 1.54) is 38.5 Å². The highest BCUT2D eigenvalue weighted by Crippen LogP contribution is 2.49. The zero-order valence-electron chi connectivity index (χ0n) is 12.1. The van der Waals surface area contributed by atoms with Crippen LogP contribution in [0.25, 0.3) is 0 Å². The van der Waals surface area contributed by atoms with Gasteiger partial charge in [0.2, 0.25) is 6.71 Å². The second kappa shape index (κ2) is 5.23. The number of rotatable bonds is 1. The Morgan fingerprint density at radius 1 is 1.00 bits per heavy atom. The zero-order valence-corrected chi connectivity index (χ0v) is 13.1. The molecule has 0 N–H and O–H groups in total. The molecular formula is C15H27BSi. The molecule has 2 aliphatic heterocycles. The van der Waals surface area contributed by atoms with Crippen LogP contribution in [0.1, 0.15) is 45.4 Å². The van der Waals surface area contributed by atoms with E-state index in [1.54, 1.807) is 0 Å².